The minimum Gasteiger partial charge on any atom is -0.380 e. The number of nitrogens with one attached hydrogen (secondary N) is 1. The fourth-order valence-corrected chi connectivity index (χ4v) is 3.94. The molecule has 0 spiro atoms. The zero-order chi connectivity index (χ0) is 21.3. The van der Waals surface area contributed by atoms with Gasteiger partial charge in [0.1, 0.15) is 0 Å². The largest absolute Gasteiger partial charge is 0.471 e. The van der Waals surface area contributed by atoms with Crippen molar-refractivity contribution in [2.75, 3.05) is 18.4 Å². The van der Waals surface area contributed by atoms with Gasteiger partial charge in [0.2, 0.25) is 0 Å². The van der Waals surface area contributed by atoms with Crippen LogP contribution in [0.4, 0.5) is 27.6 Å². The SMILES string of the molecule is O=C(N1CCc2c(Cl)cc(Cl)c(NCc3ccc(F)c(F)c3)c2CC1)C(F)(F)F. The molecule has 1 N–H and O–H groups in total. The third-order valence-electron chi connectivity index (χ3n) is 4.69. The molecule has 0 fully saturated rings. The van der Waals surface area contributed by atoms with Crippen molar-refractivity contribution in [3.05, 3.63) is 62.6 Å². The van der Waals surface area contributed by atoms with Gasteiger partial charge < -0.3 is 10.2 Å². The van der Waals surface area contributed by atoms with Gasteiger partial charge >= 0.3 is 12.1 Å². The lowest BCUT2D eigenvalue weighted by molar-refractivity contribution is -0.185. The van der Waals surface area contributed by atoms with E-state index >= 15 is 0 Å². The summed E-state index contributed by atoms with van der Waals surface area (Å²) in [6.07, 6.45) is -4.71. The molecule has 0 unspecified atom stereocenters. The molecule has 0 radical (unpaired) electrons. The summed E-state index contributed by atoms with van der Waals surface area (Å²) >= 11 is 12.5. The van der Waals surface area contributed by atoms with E-state index in [1.165, 1.54) is 12.1 Å². The van der Waals surface area contributed by atoms with Gasteiger partial charge in [0.15, 0.2) is 11.6 Å². The molecule has 3 rings (SSSR count). The molecule has 0 atom stereocenters. The maximum absolute atomic E-state index is 13.4. The Labute approximate surface area is 173 Å². The van der Waals surface area contributed by atoms with Crippen molar-refractivity contribution in [3.63, 3.8) is 0 Å². The molecule has 1 aliphatic heterocycles. The van der Waals surface area contributed by atoms with E-state index in [0.29, 0.717) is 27.4 Å². The molecule has 1 heterocycles. The Morgan fingerprint density at radius 1 is 1.00 bits per heavy atom. The van der Waals surface area contributed by atoms with Crippen molar-refractivity contribution < 1.29 is 26.7 Å². The molecule has 1 aliphatic rings. The van der Waals surface area contributed by atoms with Crippen LogP contribution >= 0.6 is 23.2 Å². The summed E-state index contributed by atoms with van der Waals surface area (Å²) in [4.78, 5) is 12.3. The molecule has 29 heavy (non-hydrogen) atoms. The van der Waals surface area contributed by atoms with E-state index < -0.39 is 23.7 Å². The number of rotatable bonds is 3. The second-order valence-electron chi connectivity index (χ2n) is 6.56. The lowest BCUT2D eigenvalue weighted by Crippen LogP contribution is -2.42. The molecule has 0 aliphatic carbocycles. The van der Waals surface area contributed by atoms with E-state index in [9.17, 15) is 26.7 Å². The fourth-order valence-electron chi connectivity index (χ4n) is 3.27. The van der Waals surface area contributed by atoms with Gasteiger partial charge in [-0.15, -0.1) is 0 Å². The maximum atomic E-state index is 13.4. The molecule has 0 aromatic heterocycles. The second-order valence-corrected chi connectivity index (χ2v) is 7.38. The standard InChI is InChI=1S/C19H15Cl2F5N2O/c20-13-8-14(21)17(27-9-10-1-2-15(22)16(23)7-10)12-4-6-28(5-3-11(12)13)18(29)19(24,25)26/h1-2,7-8,27H,3-6,9H2. The number of nitrogens with zero attached hydrogens (tertiary/aromatic N) is 1. The molecule has 3 nitrogen and oxygen atoms in total. The van der Waals surface area contributed by atoms with Crippen molar-refractivity contribution in [1.29, 1.82) is 0 Å². The highest BCUT2D eigenvalue weighted by Gasteiger charge is 2.42. The van der Waals surface area contributed by atoms with Crippen LogP contribution in [-0.2, 0) is 24.2 Å². The summed E-state index contributed by atoms with van der Waals surface area (Å²) in [6.45, 7) is -0.173. The van der Waals surface area contributed by atoms with Gasteiger partial charge in [-0.3, -0.25) is 4.79 Å². The third kappa shape index (κ3) is 4.75. The van der Waals surface area contributed by atoms with Gasteiger partial charge in [-0.2, -0.15) is 13.2 Å². The Balaban J connectivity index is 1.86. The lowest BCUT2D eigenvalue weighted by atomic mass is 10.0. The highest BCUT2D eigenvalue weighted by molar-refractivity contribution is 6.37. The van der Waals surface area contributed by atoms with E-state index in [-0.39, 0.29) is 37.5 Å². The number of carbonyl (C=O) groups is 1. The monoisotopic (exact) mass is 452 g/mol. The number of hydrogen-bond acceptors (Lipinski definition) is 2. The van der Waals surface area contributed by atoms with Crippen molar-refractivity contribution in [3.8, 4) is 0 Å². The highest BCUT2D eigenvalue weighted by atomic mass is 35.5. The first kappa shape index (κ1) is 21.6. The second kappa shape index (κ2) is 8.36. The molecular formula is C19H15Cl2F5N2O. The highest BCUT2D eigenvalue weighted by Crippen LogP contribution is 2.37. The molecule has 2 aromatic rings. The van der Waals surface area contributed by atoms with E-state index in [1.54, 1.807) is 0 Å². The molecule has 0 saturated heterocycles. The first-order chi connectivity index (χ1) is 13.6. The minimum atomic E-state index is -4.95. The van der Waals surface area contributed by atoms with Crippen LogP contribution in [0.1, 0.15) is 16.7 Å². The quantitative estimate of drug-likeness (QED) is 0.634. The number of anilines is 1. The lowest BCUT2D eigenvalue weighted by Gasteiger charge is -2.21. The summed E-state index contributed by atoms with van der Waals surface area (Å²) in [7, 11) is 0. The van der Waals surface area contributed by atoms with Gasteiger partial charge in [-0.05, 0) is 47.7 Å². The molecular weight excluding hydrogens is 438 g/mol. The minimum absolute atomic E-state index is 0.107. The van der Waals surface area contributed by atoms with Crippen LogP contribution in [0.3, 0.4) is 0 Å². The number of benzene rings is 2. The van der Waals surface area contributed by atoms with E-state index in [1.807, 2.05) is 0 Å². The first-order valence-corrected chi connectivity index (χ1v) is 9.37. The predicted octanol–water partition coefficient (Wildman–Crippen LogP) is 5.37. The van der Waals surface area contributed by atoms with Crippen molar-refractivity contribution in [2.24, 2.45) is 0 Å². The summed E-state index contributed by atoms with van der Waals surface area (Å²) in [5.41, 5.74) is 2.09. The Hall–Kier alpha value is -2.06. The summed E-state index contributed by atoms with van der Waals surface area (Å²) in [5.74, 6) is -3.86. The summed E-state index contributed by atoms with van der Waals surface area (Å²) < 4.78 is 64.8. The summed E-state index contributed by atoms with van der Waals surface area (Å²) in [6, 6.07) is 4.90. The fraction of sp³-hybridized carbons (Fsp3) is 0.316. The van der Waals surface area contributed by atoms with Crippen molar-refractivity contribution in [1.82, 2.24) is 4.90 Å². The van der Waals surface area contributed by atoms with E-state index in [4.69, 9.17) is 23.2 Å². The molecule has 0 saturated carbocycles. The van der Waals surface area contributed by atoms with Crippen LogP contribution in [-0.4, -0.2) is 30.1 Å². The maximum Gasteiger partial charge on any atom is 0.471 e. The van der Waals surface area contributed by atoms with Crippen LogP contribution in [0.15, 0.2) is 24.3 Å². The number of alkyl halides is 3. The topological polar surface area (TPSA) is 32.3 Å². The number of fused-ring (bicyclic) bond motifs is 1. The zero-order valence-corrected chi connectivity index (χ0v) is 16.4. The number of hydrogen-bond donors (Lipinski definition) is 1. The molecule has 10 heteroatoms. The third-order valence-corrected chi connectivity index (χ3v) is 5.33. The van der Waals surface area contributed by atoms with E-state index in [0.717, 1.165) is 17.0 Å². The van der Waals surface area contributed by atoms with Crippen LogP contribution in [0.5, 0.6) is 0 Å². The normalized spacial score (nSPS) is 14.4. The van der Waals surface area contributed by atoms with Crippen LogP contribution < -0.4 is 5.32 Å². The first-order valence-electron chi connectivity index (χ1n) is 8.61. The zero-order valence-electron chi connectivity index (χ0n) is 14.8. The molecule has 0 bridgehead atoms. The molecule has 2 aromatic carbocycles. The number of halogens is 7. The molecule has 1 amide bonds. The van der Waals surface area contributed by atoms with Gasteiger partial charge in [-0.1, -0.05) is 29.3 Å². The average molecular weight is 453 g/mol. The molecule has 156 valence electrons. The average Bonchev–Trinajstić information content (AvgIpc) is 2.86. The Kier molecular flexibility index (Phi) is 6.24. The Morgan fingerprint density at radius 3 is 2.28 bits per heavy atom. The predicted molar refractivity (Wildman–Crippen MR) is 100 cm³/mol. The van der Waals surface area contributed by atoms with Crippen LogP contribution in [0.25, 0.3) is 0 Å². The smallest absolute Gasteiger partial charge is 0.380 e. The summed E-state index contributed by atoms with van der Waals surface area (Å²) in [5, 5.41) is 3.57. The van der Waals surface area contributed by atoms with Crippen molar-refractivity contribution in [2.45, 2.75) is 25.6 Å². The number of amides is 1. The van der Waals surface area contributed by atoms with E-state index in [2.05, 4.69) is 5.32 Å². The number of carbonyl (C=O) groups excluding carboxylic acids is 1. The van der Waals surface area contributed by atoms with Crippen LogP contribution in [0.2, 0.25) is 10.0 Å². The van der Waals surface area contributed by atoms with Gasteiger partial charge in [0.05, 0.1) is 10.7 Å². The Bertz CT molecular complexity index is 949. The van der Waals surface area contributed by atoms with Crippen LogP contribution in [0, 0.1) is 11.6 Å². The van der Waals surface area contributed by atoms with Gasteiger partial charge in [0, 0.05) is 24.7 Å². The van der Waals surface area contributed by atoms with Gasteiger partial charge in [-0.25, -0.2) is 8.78 Å². The van der Waals surface area contributed by atoms with Crippen molar-refractivity contribution >= 4 is 34.8 Å². The van der Waals surface area contributed by atoms with Gasteiger partial charge in [0.25, 0.3) is 0 Å². The Morgan fingerprint density at radius 2 is 1.66 bits per heavy atom.